The molecule has 0 spiro atoms. The minimum atomic E-state index is -0.0264. The monoisotopic (exact) mass is 323 g/mol. The molecule has 0 N–H and O–H groups in total. The lowest BCUT2D eigenvalue weighted by molar-refractivity contribution is -0.0360. The molecule has 0 aliphatic carbocycles. The van der Waals surface area contributed by atoms with Crippen molar-refractivity contribution >= 4 is 11.0 Å². The van der Waals surface area contributed by atoms with Crippen LogP contribution >= 0.6 is 0 Å². The van der Waals surface area contributed by atoms with Crippen molar-refractivity contribution < 1.29 is 4.74 Å². The fourth-order valence-corrected chi connectivity index (χ4v) is 3.13. The van der Waals surface area contributed by atoms with Crippen LogP contribution in [0, 0.1) is 6.92 Å². The Morgan fingerprint density at radius 3 is 2.88 bits per heavy atom. The third-order valence-corrected chi connectivity index (χ3v) is 4.53. The van der Waals surface area contributed by atoms with E-state index in [1.165, 1.54) is 5.52 Å². The quantitative estimate of drug-likeness (QED) is 0.740. The third-order valence-electron chi connectivity index (χ3n) is 4.53. The van der Waals surface area contributed by atoms with Crippen molar-refractivity contribution in [2.75, 3.05) is 19.7 Å². The maximum absolute atomic E-state index is 5.89. The summed E-state index contributed by atoms with van der Waals surface area (Å²) in [6.45, 7) is 5.16. The molecule has 1 aliphatic heterocycles. The molecule has 1 atom stereocenters. The Morgan fingerprint density at radius 1 is 1.21 bits per heavy atom. The molecular weight excluding hydrogens is 302 g/mol. The van der Waals surface area contributed by atoms with Gasteiger partial charge < -0.3 is 9.30 Å². The van der Waals surface area contributed by atoms with Gasteiger partial charge in [-0.1, -0.05) is 12.1 Å². The minimum Gasteiger partial charge on any atom is -0.369 e. The number of imidazole rings is 1. The van der Waals surface area contributed by atoms with Crippen LogP contribution in [0.4, 0.5) is 0 Å². The van der Waals surface area contributed by atoms with Gasteiger partial charge in [-0.15, -0.1) is 0 Å². The first-order valence-electron chi connectivity index (χ1n) is 8.23. The second-order valence-electron chi connectivity index (χ2n) is 6.25. The van der Waals surface area contributed by atoms with Crippen molar-refractivity contribution in [2.45, 2.75) is 19.6 Å². The molecular formula is C18H21N5O. The van der Waals surface area contributed by atoms with Gasteiger partial charge >= 0.3 is 0 Å². The molecule has 6 nitrogen and oxygen atoms in total. The fourth-order valence-electron chi connectivity index (χ4n) is 3.13. The van der Waals surface area contributed by atoms with Crippen molar-refractivity contribution in [1.29, 1.82) is 0 Å². The molecule has 0 unspecified atom stereocenters. The Labute approximate surface area is 141 Å². The summed E-state index contributed by atoms with van der Waals surface area (Å²) in [6, 6.07) is 8.24. The van der Waals surface area contributed by atoms with Gasteiger partial charge in [0.2, 0.25) is 0 Å². The van der Waals surface area contributed by atoms with Gasteiger partial charge in [-0.3, -0.25) is 14.9 Å². The number of ether oxygens (including phenoxy) is 1. The highest BCUT2D eigenvalue weighted by atomic mass is 16.5. The first-order chi connectivity index (χ1) is 11.7. The van der Waals surface area contributed by atoms with Crippen LogP contribution in [0.1, 0.15) is 23.3 Å². The van der Waals surface area contributed by atoms with Crippen LogP contribution in [0.2, 0.25) is 0 Å². The van der Waals surface area contributed by atoms with Crippen molar-refractivity contribution in [2.24, 2.45) is 7.05 Å². The summed E-state index contributed by atoms with van der Waals surface area (Å²) in [5.74, 6) is 1.08. The number of rotatable bonds is 3. The van der Waals surface area contributed by atoms with Crippen LogP contribution in [0.5, 0.6) is 0 Å². The van der Waals surface area contributed by atoms with Gasteiger partial charge in [-0.2, -0.15) is 0 Å². The Hall–Kier alpha value is -2.31. The SMILES string of the molecule is Cc1cnc([C@@H]2CN(Cc3nc4ccccc4n3C)CCO2)cn1. The zero-order valence-electron chi connectivity index (χ0n) is 14.0. The average Bonchev–Trinajstić information content (AvgIpc) is 2.92. The molecule has 6 heteroatoms. The summed E-state index contributed by atoms with van der Waals surface area (Å²) in [5.41, 5.74) is 4.03. The molecule has 0 saturated carbocycles. The van der Waals surface area contributed by atoms with Crippen molar-refractivity contribution in [3.63, 3.8) is 0 Å². The highest BCUT2D eigenvalue weighted by Gasteiger charge is 2.24. The van der Waals surface area contributed by atoms with Gasteiger partial charge in [-0.05, 0) is 19.1 Å². The molecule has 1 aromatic carbocycles. The lowest BCUT2D eigenvalue weighted by Crippen LogP contribution is -2.38. The van der Waals surface area contributed by atoms with Gasteiger partial charge in [0.25, 0.3) is 0 Å². The normalized spacial score (nSPS) is 19.0. The Bertz CT molecular complexity index is 842. The summed E-state index contributed by atoms with van der Waals surface area (Å²) in [4.78, 5) is 15.9. The molecule has 2 aromatic heterocycles. The van der Waals surface area contributed by atoms with Crippen LogP contribution in [0.25, 0.3) is 11.0 Å². The summed E-state index contributed by atoms with van der Waals surface area (Å²) in [7, 11) is 2.08. The second-order valence-corrected chi connectivity index (χ2v) is 6.25. The number of hydrogen-bond donors (Lipinski definition) is 0. The summed E-state index contributed by atoms with van der Waals surface area (Å²) >= 11 is 0. The number of para-hydroxylation sites is 2. The molecule has 24 heavy (non-hydrogen) atoms. The number of hydrogen-bond acceptors (Lipinski definition) is 5. The predicted molar refractivity (Wildman–Crippen MR) is 91.5 cm³/mol. The largest absolute Gasteiger partial charge is 0.369 e. The zero-order valence-corrected chi connectivity index (χ0v) is 14.0. The van der Waals surface area contributed by atoms with Crippen molar-refractivity contribution in [1.82, 2.24) is 24.4 Å². The van der Waals surface area contributed by atoms with Crippen LogP contribution in [-0.2, 0) is 18.3 Å². The van der Waals surface area contributed by atoms with Gasteiger partial charge in [-0.25, -0.2) is 4.98 Å². The Kier molecular flexibility index (Phi) is 4.00. The summed E-state index contributed by atoms with van der Waals surface area (Å²) in [5, 5.41) is 0. The van der Waals surface area contributed by atoms with E-state index in [4.69, 9.17) is 9.72 Å². The summed E-state index contributed by atoms with van der Waals surface area (Å²) in [6.07, 6.45) is 3.59. The Morgan fingerprint density at radius 2 is 2.08 bits per heavy atom. The topological polar surface area (TPSA) is 56.1 Å². The van der Waals surface area contributed by atoms with E-state index in [0.29, 0.717) is 6.61 Å². The molecule has 1 saturated heterocycles. The first-order valence-corrected chi connectivity index (χ1v) is 8.23. The van der Waals surface area contributed by atoms with Gasteiger partial charge in [0.1, 0.15) is 11.9 Å². The van der Waals surface area contributed by atoms with Crippen LogP contribution in [0.3, 0.4) is 0 Å². The van der Waals surface area contributed by atoms with E-state index in [-0.39, 0.29) is 6.10 Å². The van der Waals surface area contributed by atoms with Crippen LogP contribution < -0.4 is 0 Å². The van der Waals surface area contributed by atoms with E-state index in [1.54, 1.807) is 6.20 Å². The minimum absolute atomic E-state index is 0.0264. The predicted octanol–water partition coefficient (Wildman–Crippen LogP) is 2.25. The van der Waals surface area contributed by atoms with Crippen molar-refractivity contribution in [3.8, 4) is 0 Å². The molecule has 3 heterocycles. The lowest BCUT2D eigenvalue weighted by Gasteiger charge is -2.32. The van der Waals surface area contributed by atoms with Gasteiger partial charge in [0.05, 0.1) is 41.8 Å². The number of aryl methyl sites for hydroxylation is 2. The number of benzene rings is 1. The van der Waals surface area contributed by atoms with E-state index in [0.717, 1.165) is 42.4 Å². The van der Waals surface area contributed by atoms with Crippen LogP contribution in [0.15, 0.2) is 36.7 Å². The summed E-state index contributed by atoms with van der Waals surface area (Å²) < 4.78 is 8.06. The molecule has 0 bridgehead atoms. The lowest BCUT2D eigenvalue weighted by atomic mass is 10.2. The average molecular weight is 323 g/mol. The highest BCUT2D eigenvalue weighted by molar-refractivity contribution is 5.75. The second kappa shape index (κ2) is 6.30. The highest BCUT2D eigenvalue weighted by Crippen LogP contribution is 2.22. The molecule has 1 aliphatic rings. The molecule has 0 radical (unpaired) electrons. The molecule has 1 fully saturated rings. The third kappa shape index (κ3) is 2.90. The van der Waals surface area contributed by atoms with E-state index in [2.05, 4.69) is 44.7 Å². The molecule has 3 aromatic rings. The van der Waals surface area contributed by atoms with E-state index in [9.17, 15) is 0 Å². The maximum Gasteiger partial charge on any atom is 0.123 e. The smallest absolute Gasteiger partial charge is 0.123 e. The van der Waals surface area contributed by atoms with Gasteiger partial charge in [0.15, 0.2) is 0 Å². The Balaban J connectivity index is 1.51. The fraction of sp³-hybridized carbons (Fsp3) is 0.389. The number of fused-ring (bicyclic) bond motifs is 1. The van der Waals surface area contributed by atoms with Gasteiger partial charge in [0, 0.05) is 26.3 Å². The molecule has 124 valence electrons. The van der Waals surface area contributed by atoms with E-state index >= 15 is 0 Å². The van der Waals surface area contributed by atoms with Crippen molar-refractivity contribution in [3.05, 3.63) is 53.9 Å². The van der Waals surface area contributed by atoms with E-state index < -0.39 is 0 Å². The number of nitrogens with zero attached hydrogens (tertiary/aromatic N) is 5. The number of morpholine rings is 1. The van der Waals surface area contributed by atoms with Crippen LogP contribution in [-0.4, -0.2) is 44.1 Å². The standard InChI is InChI=1S/C18H21N5O/c1-13-9-20-15(10-19-13)17-11-23(7-8-24-17)12-18-21-14-5-3-4-6-16(14)22(18)2/h3-6,9-10,17H,7-8,11-12H2,1-2H3/t17-/m0/s1. The molecule has 0 amide bonds. The molecule has 4 rings (SSSR count). The zero-order chi connectivity index (χ0) is 16.5. The van der Waals surface area contributed by atoms with E-state index in [1.807, 2.05) is 19.2 Å². The first kappa shape index (κ1) is 15.2. The maximum atomic E-state index is 5.89. The number of aromatic nitrogens is 4.